The van der Waals surface area contributed by atoms with Crippen molar-refractivity contribution >= 4 is 11.6 Å². The molecule has 0 saturated carbocycles. The van der Waals surface area contributed by atoms with E-state index in [4.69, 9.17) is 5.73 Å². The number of anilines is 1. The minimum absolute atomic E-state index is 0.0216. The summed E-state index contributed by atoms with van der Waals surface area (Å²) in [5, 5.41) is 0. The SMILES string of the molecule is CCC(N)c1ccc(N2CCN3C(=O)CCC3C2)cn1. The topological polar surface area (TPSA) is 62.5 Å². The van der Waals surface area contributed by atoms with E-state index in [2.05, 4.69) is 22.9 Å². The fraction of sp³-hybridized carbons (Fsp3) is 0.600. The van der Waals surface area contributed by atoms with E-state index in [0.717, 1.165) is 43.9 Å². The number of hydrogen-bond acceptors (Lipinski definition) is 4. The Morgan fingerprint density at radius 2 is 2.30 bits per heavy atom. The summed E-state index contributed by atoms with van der Waals surface area (Å²) in [6.45, 7) is 4.71. The van der Waals surface area contributed by atoms with Crippen molar-refractivity contribution in [2.24, 2.45) is 5.73 Å². The van der Waals surface area contributed by atoms with E-state index in [1.165, 1.54) is 0 Å². The third-order valence-electron chi connectivity index (χ3n) is 4.45. The molecule has 1 aromatic heterocycles. The van der Waals surface area contributed by atoms with Crippen molar-refractivity contribution in [3.8, 4) is 0 Å². The first kappa shape index (κ1) is 13.4. The number of nitrogens with zero attached hydrogens (tertiary/aromatic N) is 3. The summed E-state index contributed by atoms with van der Waals surface area (Å²) in [5.74, 6) is 0.317. The highest BCUT2D eigenvalue weighted by atomic mass is 16.2. The minimum atomic E-state index is 0.0216. The van der Waals surface area contributed by atoms with E-state index in [9.17, 15) is 4.79 Å². The Morgan fingerprint density at radius 1 is 1.45 bits per heavy atom. The number of hydrogen-bond donors (Lipinski definition) is 1. The molecule has 20 heavy (non-hydrogen) atoms. The van der Waals surface area contributed by atoms with Gasteiger partial charge in [0.15, 0.2) is 0 Å². The maximum atomic E-state index is 11.7. The van der Waals surface area contributed by atoms with Crippen LogP contribution in [0.3, 0.4) is 0 Å². The molecule has 108 valence electrons. The second kappa shape index (κ2) is 5.40. The van der Waals surface area contributed by atoms with Crippen molar-refractivity contribution in [2.75, 3.05) is 24.5 Å². The molecule has 2 atom stereocenters. The summed E-state index contributed by atoms with van der Waals surface area (Å²) in [6.07, 6.45) is 4.51. The van der Waals surface area contributed by atoms with Crippen molar-refractivity contribution in [3.05, 3.63) is 24.0 Å². The lowest BCUT2D eigenvalue weighted by Gasteiger charge is -2.38. The molecule has 2 fully saturated rings. The highest BCUT2D eigenvalue weighted by Gasteiger charge is 2.35. The van der Waals surface area contributed by atoms with Crippen molar-refractivity contribution in [2.45, 2.75) is 38.3 Å². The predicted molar refractivity (Wildman–Crippen MR) is 78.4 cm³/mol. The van der Waals surface area contributed by atoms with Crippen molar-refractivity contribution < 1.29 is 4.79 Å². The molecule has 0 radical (unpaired) electrons. The van der Waals surface area contributed by atoms with E-state index in [0.29, 0.717) is 18.4 Å². The van der Waals surface area contributed by atoms with Crippen molar-refractivity contribution in [3.63, 3.8) is 0 Å². The molecule has 5 heteroatoms. The molecule has 5 nitrogen and oxygen atoms in total. The average Bonchev–Trinajstić information content (AvgIpc) is 2.87. The second-order valence-corrected chi connectivity index (χ2v) is 5.68. The summed E-state index contributed by atoms with van der Waals surface area (Å²) in [5.41, 5.74) is 8.07. The molecule has 0 spiro atoms. The molecule has 2 saturated heterocycles. The van der Waals surface area contributed by atoms with Crippen LogP contribution in [0, 0.1) is 0 Å². The van der Waals surface area contributed by atoms with Gasteiger partial charge in [-0.25, -0.2) is 0 Å². The van der Waals surface area contributed by atoms with Crippen LogP contribution in [0.25, 0.3) is 0 Å². The number of fused-ring (bicyclic) bond motifs is 1. The van der Waals surface area contributed by atoms with Crippen LogP contribution in [0.15, 0.2) is 18.3 Å². The van der Waals surface area contributed by atoms with Gasteiger partial charge in [-0.05, 0) is 25.0 Å². The minimum Gasteiger partial charge on any atom is -0.366 e. The highest BCUT2D eigenvalue weighted by molar-refractivity contribution is 5.79. The molecule has 3 rings (SSSR count). The number of amides is 1. The zero-order valence-electron chi connectivity index (χ0n) is 12.0. The molecule has 1 aromatic rings. The van der Waals surface area contributed by atoms with Crippen molar-refractivity contribution in [1.29, 1.82) is 0 Å². The number of aromatic nitrogens is 1. The Labute approximate surface area is 119 Å². The van der Waals surface area contributed by atoms with Crippen molar-refractivity contribution in [1.82, 2.24) is 9.88 Å². The zero-order chi connectivity index (χ0) is 14.1. The molecule has 2 aliphatic rings. The monoisotopic (exact) mass is 274 g/mol. The predicted octanol–water partition coefficient (Wildman–Crippen LogP) is 1.30. The molecule has 2 N–H and O–H groups in total. The lowest BCUT2D eigenvalue weighted by Crippen LogP contribution is -2.51. The average molecular weight is 274 g/mol. The first-order chi connectivity index (χ1) is 9.69. The second-order valence-electron chi connectivity index (χ2n) is 5.68. The number of nitrogens with two attached hydrogens (primary N) is 1. The van der Waals surface area contributed by atoms with Crippen LogP contribution in [0.5, 0.6) is 0 Å². The van der Waals surface area contributed by atoms with E-state index in [-0.39, 0.29) is 6.04 Å². The highest BCUT2D eigenvalue weighted by Crippen LogP contribution is 2.26. The Hall–Kier alpha value is -1.62. The quantitative estimate of drug-likeness (QED) is 0.902. The van der Waals surface area contributed by atoms with Gasteiger partial charge in [0.2, 0.25) is 5.91 Å². The number of pyridine rings is 1. The fourth-order valence-corrected chi connectivity index (χ4v) is 3.11. The van der Waals surface area contributed by atoms with E-state index < -0.39 is 0 Å². The van der Waals surface area contributed by atoms with Crippen LogP contribution in [-0.4, -0.2) is 41.5 Å². The molecule has 0 aliphatic carbocycles. The number of carbonyl (C=O) groups is 1. The molecule has 0 aromatic carbocycles. The standard InChI is InChI=1S/C15H22N4O/c1-2-13(16)14-5-3-11(9-17-14)18-7-8-19-12(10-18)4-6-15(19)20/h3,5,9,12-13H,2,4,6-8,10,16H2,1H3. The van der Waals surface area contributed by atoms with Gasteiger partial charge in [0.05, 0.1) is 17.6 Å². The Kier molecular flexibility index (Phi) is 3.61. The molecule has 0 bridgehead atoms. The molecule has 2 aliphatic heterocycles. The van der Waals surface area contributed by atoms with Crippen LogP contribution in [0.1, 0.15) is 37.9 Å². The Balaban J connectivity index is 1.69. The maximum Gasteiger partial charge on any atom is 0.223 e. The number of piperazine rings is 1. The summed E-state index contributed by atoms with van der Waals surface area (Å²) in [6, 6.07) is 4.53. The van der Waals surface area contributed by atoms with E-state index >= 15 is 0 Å². The summed E-state index contributed by atoms with van der Waals surface area (Å²) < 4.78 is 0. The van der Waals surface area contributed by atoms with Gasteiger partial charge in [-0.15, -0.1) is 0 Å². The maximum absolute atomic E-state index is 11.7. The molecular weight excluding hydrogens is 252 g/mol. The Bertz CT molecular complexity index is 487. The van der Waals surface area contributed by atoms with Crippen LogP contribution >= 0.6 is 0 Å². The zero-order valence-corrected chi connectivity index (χ0v) is 12.0. The first-order valence-corrected chi connectivity index (χ1v) is 7.45. The van der Waals surface area contributed by atoms with Gasteiger partial charge < -0.3 is 15.5 Å². The molecular formula is C15H22N4O. The number of carbonyl (C=O) groups excluding carboxylic acids is 1. The van der Waals surface area contributed by atoms with Crippen LogP contribution in [-0.2, 0) is 4.79 Å². The number of rotatable bonds is 3. The van der Waals surface area contributed by atoms with Gasteiger partial charge in [-0.3, -0.25) is 9.78 Å². The lowest BCUT2D eigenvalue weighted by molar-refractivity contribution is -0.129. The Morgan fingerprint density at radius 3 is 3.00 bits per heavy atom. The van der Waals surface area contributed by atoms with Gasteiger partial charge >= 0.3 is 0 Å². The molecule has 3 heterocycles. The van der Waals surface area contributed by atoms with Gasteiger partial charge in [0.25, 0.3) is 0 Å². The summed E-state index contributed by atoms with van der Waals surface area (Å²) in [7, 11) is 0. The normalized spacial score (nSPS) is 23.9. The van der Waals surface area contributed by atoms with Crippen LogP contribution in [0.4, 0.5) is 5.69 Å². The van der Waals surface area contributed by atoms with Gasteiger partial charge in [-0.2, -0.15) is 0 Å². The summed E-state index contributed by atoms with van der Waals surface area (Å²) in [4.78, 5) is 20.5. The lowest BCUT2D eigenvalue weighted by atomic mass is 10.1. The molecule has 1 amide bonds. The summed E-state index contributed by atoms with van der Waals surface area (Å²) >= 11 is 0. The first-order valence-electron chi connectivity index (χ1n) is 7.45. The molecule has 2 unspecified atom stereocenters. The third-order valence-corrected chi connectivity index (χ3v) is 4.45. The van der Waals surface area contributed by atoms with Crippen LogP contribution in [0.2, 0.25) is 0 Å². The van der Waals surface area contributed by atoms with Gasteiger partial charge in [0.1, 0.15) is 0 Å². The third kappa shape index (κ3) is 2.38. The van der Waals surface area contributed by atoms with Gasteiger partial charge in [0, 0.05) is 38.1 Å². The largest absolute Gasteiger partial charge is 0.366 e. The fourth-order valence-electron chi connectivity index (χ4n) is 3.11. The smallest absolute Gasteiger partial charge is 0.223 e. The van der Waals surface area contributed by atoms with E-state index in [1.54, 1.807) is 0 Å². The van der Waals surface area contributed by atoms with Gasteiger partial charge in [-0.1, -0.05) is 6.92 Å². The van der Waals surface area contributed by atoms with E-state index in [1.807, 2.05) is 17.2 Å². The van der Waals surface area contributed by atoms with Crippen LogP contribution < -0.4 is 10.6 Å².